The lowest BCUT2D eigenvalue weighted by Gasteiger charge is -2.25. The van der Waals surface area contributed by atoms with Crippen molar-refractivity contribution in [3.8, 4) is 0 Å². The summed E-state index contributed by atoms with van der Waals surface area (Å²) in [5, 5.41) is -0.365. The van der Waals surface area contributed by atoms with Crippen molar-refractivity contribution in [2.45, 2.75) is 56.7 Å². The van der Waals surface area contributed by atoms with Gasteiger partial charge < -0.3 is 4.57 Å². The van der Waals surface area contributed by atoms with Crippen LogP contribution in [0, 0.1) is 0 Å². The van der Waals surface area contributed by atoms with Gasteiger partial charge in [-0.1, -0.05) is 36.4 Å². The highest BCUT2D eigenvalue weighted by atomic mass is 32.2. The lowest BCUT2D eigenvalue weighted by Crippen LogP contribution is -2.26. The number of sulfone groups is 1. The molecule has 0 saturated carbocycles. The summed E-state index contributed by atoms with van der Waals surface area (Å²) in [6.07, 6.45) is 4.23. The van der Waals surface area contributed by atoms with E-state index in [1.165, 1.54) is 5.56 Å². The van der Waals surface area contributed by atoms with E-state index in [4.69, 9.17) is 0 Å². The van der Waals surface area contributed by atoms with Gasteiger partial charge in [0.25, 0.3) is 0 Å². The molecule has 0 aliphatic carbocycles. The number of hydrogen-bond donors (Lipinski definition) is 0. The second-order valence-electron chi connectivity index (χ2n) is 7.86. The number of aryl methyl sites for hydroxylation is 1. The fourth-order valence-corrected chi connectivity index (χ4v) is 4.46. The topological polar surface area (TPSA) is 68.1 Å². The Morgan fingerprint density at radius 3 is 2.33 bits per heavy atom. The minimum atomic E-state index is -3.48. The van der Waals surface area contributed by atoms with Crippen LogP contribution in [0.15, 0.2) is 66.1 Å². The molecule has 2 heterocycles. The van der Waals surface area contributed by atoms with E-state index in [9.17, 15) is 8.42 Å². The Morgan fingerprint density at radius 2 is 1.70 bits per heavy atom. The normalized spacial score (nSPS) is 13.1. The molecule has 0 amide bonds. The van der Waals surface area contributed by atoms with Crippen LogP contribution in [-0.4, -0.2) is 40.2 Å². The van der Waals surface area contributed by atoms with Crippen molar-refractivity contribution < 1.29 is 8.42 Å². The number of hydrogen-bond acceptors (Lipinski definition) is 5. The monoisotopic (exact) mass is 426 g/mol. The van der Waals surface area contributed by atoms with E-state index in [-0.39, 0.29) is 11.2 Å². The summed E-state index contributed by atoms with van der Waals surface area (Å²) in [5.74, 6) is 0. The van der Waals surface area contributed by atoms with Crippen LogP contribution in [-0.2, 0) is 29.3 Å². The molecule has 0 spiro atoms. The van der Waals surface area contributed by atoms with Gasteiger partial charge in [0.15, 0.2) is 0 Å². The maximum atomic E-state index is 12.9. The van der Waals surface area contributed by atoms with E-state index in [0.29, 0.717) is 13.1 Å². The second kappa shape index (κ2) is 9.53. The molecule has 0 bridgehead atoms. The Kier molecular flexibility index (Phi) is 7.05. The van der Waals surface area contributed by atoms with Gasteiger partial charge in [-0.3, -0.25) is 9.88 Å². The Hall–Kier alpha value is -2.51. The average molecular weight is 427 g/mol. The molecule has 0 radical (unpaired) electrons. The summed E-state index contributed by atoms with van der Waals surface area (Å²) in [4.78, 5) is 10.9. The minimum absolute atomic E-state index is 0.0915. The molecular formula is C23H30N4O2S. The zero-order valence-corrected chi connectivity index (χ0v) is 18.9. The summed E-state index contributed by atoms with van der Waals surface area (Å²) in [5.41, 5.74) is 3.03. The number of nitrogens with zero attached hydrogens (tertiary/aromatic N) is 4. The third kappa shape index (κ3) is 4.96. The van der Waals surface area contributed by atoms with Crippen molar-refractivity contribution >= 4 is 9.84 Å². The zero-order valence-electron chi connectivity index (χ0n) is 18.1. The summed E-state index contributed by atoms with van der Waals surface area (Å²) in [6.45, 7) is 6.62. The lowest BCUT2D eigenvalue weighted by molar-refractivity contribution is 0.241. The van der Waals surface area contributed by atoms with E-state index in [1.807, 2.05) is 48.0 Å². The fraction of sp³-hybridized carbons (Fsp3) is 0.391. The van der Waals surface area contributed by atoms with Gasteiger partial charge >= 0.3 is 0 Å². The largest absolute Gasteiger partial charge is 0.317 e. The van der Waals surface area contributed by atoms with Crippen LogP contribution in [0.1, 0.15) is 43.8 Å². The predicted octanol–water partition coefficient (Wildman–Crippen LogP) is 3.90. The second-order valence-corrected chi connectivity index (χ2v) is 10.3. The highest BCUT2D eigenvalue weighted by molar-refractivity contribution is 7.91. The van der Waals surface area contributed by atoms with Crippen molar-refractivity contribution in [3.05, 3.63) is 77.9 Å². The van der Waals surface area contributed by atoms with Crippen LogP contribution in [0.3, 0.4) is 0 Å². The number of rotatable bonds is 9. The molecule has 0 aliphatic rings. The minimum Gasteiger partial charge on any atom is -0.317 e. The van der Waals surface area contributed by atoms with E-state index in [2.05, 4.69) is 33.9 Å². The van der Waals surface area contributed by atoms with Gasteiger partial charge in [-0.2, -0.15) is 0 Å². The van der Waals surface area contributed by atoms with Gasteiger partial charge in [-0.15, -0.1) is 0 Å². The quantitative estimate of drug-likeness (QED) is 0.519. The van der Waals surface area contributed by atoms with Crippen molar-refractivity contribution in [1.29, 1.82) is 0 Å². The third-order valence-electron chi connectivity index (χ3n) is 5.43. The van der Waals surface area contributed by atoms with Gasteiger partial charge in [0, 0.05) is 25.3 Å². The Bertz CT molecular complexity index is 1050. The summed E-state index contributed by atoms with van der Waals surface area (Å²) in [6, 6.07) is 16.1. The molecular weight excluding hydrogens is 396 g/mol. The van der Waals surface area contributed by atoms with Gasteiger partial charge in [0.2, 0.25) is 15.0 Å². The first kappa shape index (κ1) is 22.2. The SMILES string of the molecule is CC(C)S(=O)(=O)c1ncc(CN(C)[C@H](C)c2ccccn2)n1CCc1ccccc1. The van der Waals surface area contributed by atoms with E-state index >= 15 is 0 Å². The van der Waals surface area contributed by atoms with E-state index < -0.39 is 15.1 Å². The zero-order chi connectivity index (χ0) is 21.7. The van der Waals surface area contributed by atoms with Gasteiger partial charge in [-0.05, 0) is 51.9 Å². The molecule has 0 fully saturated rings. The number of benzene rings is 1. The predicted molar refractivity (Wildman–Crippen MR) is 119 cm³/mol. The maximum absolute atomic E-state index is 12.9. The van der Waals surface area contributed by atoms with Crippen molar-refractivity contribution in [2.24, 2.45) is 0 Å². The number of imidazole rings is 1. The lowest BCUT2D eigenvalue weighted by atomic mass is 10.1. The molecule has 1 atom stereocenters. The molecule has 3 rings (SSSR count). The molecule has 2 aromatic heterocycles. The highest BCUT2D eigenvalue weighted by Crippen LogP contribution is 2.22. The molecule has 6 nitrogen and oxygen atoms in total. The molecule has 0 unspecified atom stereocenters. The summed E-state index contributed by atoms with van der Waals surface area (Å²) >= 11 is 0. The van der Waals surface area contributed by atoms with E-state index in [1.54, 1.807) is 26.2 Å². The molecule has 3 aromatic rings. The Balaban J connectivity index is 1.88. The first-order valence-corrected chi connectivity index (χ1v) is 11.8. The first-order valence-electron chi connectivity index (χ1n) is 10.2. The van der Waals surface area contributed by atoms with Crippen LogP contribution >= 0.6 is 0 Å². The van der Waals surface area contributed by atoms with Crippen LogP contribution in [0.25, 0.3) is 0 Å². The molecule has 0 saturated heterocycles. The molecule has 1 aromatic carbocycles. The molecule has 0 N–H and O–H groups in total. The van der Waals surface area contributed by atoms with Crippen LogP contribution in [0.2, 0.25) is 0 Å². The van der Waals surface area contributed by atoms with Crippen LogP contribution in [0.4, 0.5) is 0 Å². The van der Waals surface area contributed by atoms with Crippen LogP contribution < -0.4 is 0 Å². The highest BCUT2D eigenvalue weighted by Gasteiger charge is 2.27. The molecule has 0 aliphatic heterocycles. The standard InChI is InChI=1S/C23H30N4O2S/c1-18(2)30(28,29)23-25-16-21(27(23)15-13-20-10-6-5-7-11-20)17-26(4)19(3)22-12-8-9-14-24-22/h5-12,14,16,18-19H,13,15,17H2,1-4H3/t19-/m1/s1. The van der Waals surface area contributed by atoms with Gasteiger partial charge in [-0.25, -0.2) is 13.4 Å². The Morgan fingerprint density at radius 1 is 1.00 bits per heavy atom. The van der Waals surface area contributed by atoms with Gasteiger partial charge in [0.05, 0.1) is 22.8 Å². The van der Waals surface area contributed by atoms with E-state index in [0.717, 1.165) is 17.8 Å². The van der Waals surface area contributed by atoms with Crippen molar-refractivity contribution in [2.75, 3.05) is 7.05 Å². The fourth-order valence-electron chi connectivity index (χ4n) is 3.32. The van der Waals surface area contributed by atoms with Crippen molar-refractivity contribution in [3.63, 3.8) is 0 Å². The van der Waals surface area contributed by atoms with Crippen LogP contribution in [0.5, 0.6) is 0 Å². The number of aromatic nitrogens is 3. The van der Waals surface area contributed by atoms with Crippen molar-refractivity contribution in [1.82, 2.24) is 19.4 Å². The molecule has 30 heavy (non-hydrogen) atoms. The molecule has 160 valence electrons. The third-order valence-corrected chi connectivity index (χ3v) is 7.51. The van der Waals surface area contributed by atoms with Gasteiger partial charge in [0.1, 0.15) is 0 Å². The summed E-state index contributed by atoms with van der Waals surface area (Å²) in [7, 11) is -1.46. The smallest absolute Gasteiger partial charge is 0.228 e. The Labute approximate surface area is 179 Å². The summed E-state index contributed by atoms with van der Waals surface area (Å²) < 4.78 is 27.7. The first-order chi connectivity index (χ1) is 14.3. The molecule has 7 heteroatoms. The maximum Gasteiger partial charge on any atom is 0.228 e. The average Bonchev–Trinajstić information content (AvgIpc) is 3.16. The number of pyridine rings is 1.